The molecule has 0 aliphatic heterocycles. The first kappa shape index (κ1) is 67.9. The second kappa shape index (κ2) is 59.4. The normalized spacial score (nSPS) is 12.5. The molecule has 0 spiro atoms. The highest BCUT2D eigenvalue weighted by molar-refractivity contribution is 5.76. The van der Waals surface area contributed by atoms with Crippen LogP contribution in [0.2, 0.25) is 0 Å². The van der Waals surface area contributed by atoms with Crippen molar-refractivity contribution in [2.45, 2.75) is 379 Å². The van der Waals surface area contributed by atoms with Crippen molar-refractivity contribution in [3.05, 3.63) is 0 Å². The number of aliphatic hydroxyl groups is 2. The average molecular weight is 977 g/mol. The minimum atomic E-state index is -0.664. The van der Waals surface area contributed by atoms with E-state index in [0.29, 0.717) is 25.9 Å². The van der Waals surface area contributed by atoms with Crippen LogP contribution in [0.1, 0.15) is 367 Å². The van der Waals surface area contributed by atoms with Crippen LogP contribution in [-0.2, 0) is 14.3 Å². The van der Waals surface area contributed by atoms with Crippen LogP contribution < -0.4 is 5.32 Å². The summed E-state index contributed by atoms with van der Waals surface area (Å²) in [6.07, 6.45) is 69.7. The maximum Gasteiger partial charge on any atom is 0.305 e. The molecular weight excluding hydrogens is 851 g/mol. The van der Waals surface area contributed by atoms with Gasteiger partial charge in [-0.3, -0.25) is 9.59 Å². The third-order valence-corrected chi connectivity index (χ3v) is 15.2. The van der Waals surface area contributed by atoms with Crippen molar-refractivity contribution < 1.29 is 24.5 Å². The SMILES string of the molecule is CCCCCCCCCCCCCCCCCCCCCC(O)C(CO)NC(=O)CCCCCCCCCCCCCCCCCCCCCCCOC(=O)CCCCCCCCCCCCCC. The molecule has 0 aliphatic rings. The number of nitrogens with one attached hydrogen (secondary N) is 1. The maximum absolute atomic E-state index is 12.5. The number of rotatable bonds is 60. The lowest BCUT2D eigenvalue weighted by Gasteiger charge is -2.22. The van der Waals surface area contributed by atoms with E-state index in [1.165, 1.54) is 295 Å². The molecule has 0 bridgehead atoms. The lowest BCUT2D eigenvalue weighted by molar-refractivity contribution is -0.143. The monoisotopic (exact) mass is 976 g/mol. The fourth-order valence-corrected chi connectivity index (χ4v) is 10.3. The van der Waals surface area contributed by atoms with E-state index in [2.05, 4.69) is 19.2 Å². The van der Waals surface area contributed by atoms with Crippen molar-refractivity contribution in [1.29, 1.82) is 0 Å². The van der Waals surface area contributed by atoms with Gasteiger partial charge < -0.3 is 20.3 Å². The Bertz CT molecular complexity index is 990. The summed E-state index contributed by atoms with van der Waals surface area (Å²) in [5, 5.41) is 23.4. The molecule has 0 heterocycles. The quantitative estimate of drug-likeness (QED) is 0.0417. The first-order valence-electron chi connectivity index (χ1n) is 31.8. The highest BCUT2D eigenvalue weighted by Gasteiger charge is 2.20. The van der Waals surface area contributed by atoms with Crippen molar-refractivity contribution in [2.24, 2.45) is 0 Å². The number of amides is 1. The Kier molecular flexibility index (Phi) is 58.4. The molecule has 3 N–H and O–H groups in total. The molecule has 0 aromatic carbocycles. The molecule has 0 saturated carbocycles. The summed E-state index contributed by atoms with van der Waals surface area (Å²) in [4.78, 5) is 24.5. The first-order valence-corrected chi connectivity index (χ1v) is 31.8. The van der Waals surface area contributed by atoms with Gasteiger partial charge in [-0.05, 0) is 25.7 Å². The van der Waals surface area contributed by atoms with Gasteiger partial charge >= 0.3 is 5.97 Å². The third-order valence-electron chi connectivity index (χ3n) is 15.2. The molecule has 0 aromatic rings. The van der Waals surface area contributed by atoms with Gasteiger partial charge in [0.1, 0.15) is 0 Å². The van der Waals surface area contributed by atoms with E-state index in [1.54, 1.807) is 0 Å². The zero-order chi connectivity index (χ0) is 50.0. The van der Waals surface area contributed by atoms with Gasteiger partial charge in [-0.2, -0.15) is 0 Å². The van der Waals surface area contributed by atoms with Gasteiger partial charge in [0.15, 0.2) is 0 Å². The topological polar surface area (TPSA) is 95.9 Å². The molecule has 6 heteroatoms. The Morgan fingerprint density at radius 3 is 0.884 bits per heavy atom. The minimum absolute atomic E-state index is 0.0139. The lowest BCUT2D eigenvalue weighted by Crippen LogP contribution is -2.45. The highest BCUT2D eigenvalue weighted by atomic mass is 16.5. The third kappa shape index (κ3) is 56.0. The molecule has 2 atom stereocenters. The van der Waals surface area contributed by atoms with Crippen LogP contribution in [0.3, 0.4) is 0 Å². The van der Waals surface area contributed by atoms with Crippen LogP contribution in [0.25, 0.3) is 0 Å². The van der Waals surface area contributed by atoms with Crippen LogP contribution >= 0.6 is 0 Å². The number of carbonyl (C=O) groups is 2. The van der Waals surface area contributed by atoms with Crippen LogP contribution in [0.15, 0.2) is 0 Å². The average Bonchev–Trinajstić information content (AvgIpc) is 3.35. The summed E-state index contributed by atoms with van der Waals surface area (Å²) in [6.45, 7) is 4.99. The summed E-state index contributed by atoms with van der Waals surface area (Å²) in [7, 11) is 0. The van der Waals surface area contributed by atoms with E-state index in [9.17, 15) is 19.8 Å². The Morgan fingerprint density at radius 2 is 0.594 bits per heavy atom. The summed E-state index contributed by atoms with van der Waals surface area (Å²) < 4.78 is 5.48. The highest BCUT2D eigenvalue weighted by Crippen LogP contribution is 2.19. The molecule has 0 saturated heterocycles. The number of ether oxygens (including phenoxy) is 1. The van der Waals surface area contributed by atoms with E-state index in [4.69, 9.17) is 4.74 Å². The summed E-state index contributed by atoms with van der Waals surface area (Å²) in [6, 6.07) is -0.541. The molecule has 0 aromatic heterocycles. The van der Waals surface area contributed by atoms with Crippen LogP contribution in [0, 0.1) is 0 Å². The number of esters is 1. The Labute approximate surface area is 432 Å². The molecule has 6 nitrogen and oxygen atoms in total. The molecule has 0 rings (SSSR count). The lowest BCUT2D eigenvalue weighted by atomic mass is 10.0. The van der Waals surface area contributed by atoms with Crippen molar-refractivity contribution in [2.75, 3.05) is 13.2 Å². The Morgan fingerprint density at radius 1 is 0.348 bits per heavy atom. The van der Waals surface area contributed by atoms with E-state index in [1.807, 2.05) is 0 Å². The van der Waals surface area contributed by atoms with Crippen LogP contribution in [0.5, 0.6) is 0 Å². The van der Waals surface area contributed by atoms with Crippen molar-refractivity contribution in [1.82, 2.24) is 5.32 Å². The molecule has 412 valence electrons. The summed E-state index contributed by atoms with van der Waals surface area (Å²) >= 11 is 0. The number of aliphatic hydroxyl groups excluding tert-OH is 2. The number of unbranched alkanes of at least 4 members (excludes halogenated alkanes) is 49. The van der Waals surface area contributed by atoms with Crippen molar-refractivity contribution in [3.8, 4) is 0 Å². The van der Waals surface area contributed by atoms with E-state index in [-0.39, 0.29) is 18.5 Å². The maximum atomic E-state index is 12.5. The van der Waals surface area contributed by atoms with Gasteiger partial charge in [0, 0.05) is 12.8 Å². The molecule has 1 amide bonds. The summed E-state index contributed by atoms with van der Waals surface area (Å²) in [5.41, 5.74) is 0. The van der Waals surface area contributed by atoms with E-state index in [0.717, 1.165) is 38.5 Å². The minimum Gasteiger partial charge on any atom is -0.466 e. The molecule has 2 unspecified atom stereocenters. The second-order valence-corrected chi connectivity index (χ2v) is 22.1. The fraction of sp³-hybridized carbons (Fsp3) is 0.968. The predicted molar refractivity (Wildman–Crippen MR) is 301 cm³/mol. The van der Waals surface area contributed by atoms with Gasteiger partial charge in [-0.25, -0.2) is 0 Å². The predicted octanol–water partition coefficient (Wildman–Crippen LogP) is 19.9. The van der Waals surface area contributed by atoms with Gasteiger partial charge in [0.25, 0.3) is 0 Å². The molecule has 0 aliphatic carbocycles. The van der Waals surface area contributed by atoms with Crippen LogP contribution in [-0.4, -0.2) is 47.4 Å². The number of hydrogen-bond donors (Lipinski definition) is 3. The van der Waals surface area contributed by atoms with E-state index < -0.39 is 12.1 Å². The largest absolute Gasteiger partial charge is 0.466 e. The molecule has 0 fully saturated rings. The van der Waals surface area contributed by atoms with Gasteiger partial charge in [0.2, 0.25) is 5.91 Å². The molecule has 0 radical (unpaired) electrons. The van der Waals surface area contributed by atoms with Gasteiger partial charge in [-0.1, -0.05) is 328 Å². The number of carbonyl (C=O) groups excluding carboxylic acids is 2. The second-order valence-electron chi connectivity index (χ2n) is 22.1. The fourth-order valence-electron chi connectivity index (χ4n) is 10.3. The van der Waals surface area contributed by atoms with Gasteiger partial charge in [0.05, 0.1) is 25.4 Å². The Balaban J connectivity index is 3.38. The van der Waals surface area contributed by atoms with E-state index >= 15 is 0 Å². The first-order chi connectivity index (χ1) is 34.0. The molecule has 69 heavy (non-hydrogen) atoms. The molecular formula is C63H125NO5. The summed E-state index contributed by atoms with van der Waals surface area (Å²) in [5.74, 6) is -0.0176. The standard InChI is InChI=1S/C63H125NO5/c1-3-5-7-9-11-13-15-17-18-19-23-26-29-32-35-39-43-47-51-55-61(66)60(59-65)64-62(67)56-52-48-44-40-36-33-30-27-24-21-20-22-25-28-31-34-38-42-46-50-54-58-69-63(68)57-53-49-45-41-37-16-14-12-10-8-6-4-2/h60-61,65-66H,3-59H2,1-2H3,(H,64,67). The Hall–Kier alpha value is -1.14. The van der Waals surface area contributed by atoms with Crippen LogP contribution in [0.4, 0.5) is 0 Å². The van der Waals surface area contributed by atoms with Gasteiger partial charge in [-0.15, -0.1) is 0 Å². The smallest absolute Gasteiger partial charge is 0.305 e. The zero-order valence-corrected chi connectivity index (χ0v) is 47.1. The zero-order valence-electron chi connectivity index (χ0n) is 47.1. The van der Waals surface area contributed by atoms with Crippen molar-refractivity contribution in [3.63, 3.8) is 0 Å². The van der Waals surface area contributed by atoms with Crippen molar-refractivity contribution >= 4 is 11.9 Å². The number of hydrogen-bond acceptors (Lipinski definition) is 5.